The van der Waals surface area contributed by atoms with E-state index >= 15 is 0 Å². The van der Waals surface area contributed by atoms with Gasteiger partial charge in [-0.05, 0) is 17.9 Å². The maximum Gasteiger partial charge on any atom is 0.257 e. The van der Waals surface area contributed by atoms with Crippen LogP contribution in [-0.4, -0.2) is 50.0 Å². The van der Waals surface area contributed by atoms with Crippen LogP contribution in [0.1, 0.15) is 20.3 Å². The van der Waals surface area contributed by atoms with Crippen molar-refractivity contribution >= 4 is 11.9 Å². The molecule has 0 saturated carbocycles. The molecule has 0 aliphatic heterocycles. The fourth-order valence-corrected chi connectivity index (χ4v) is 1.75. The van der Waals surface area contributed by atoms with Crippen molar-refractivity contribution in [1.29, 1.82) is 0 Å². The van der Waals surface area contributed by atoms with Crippen LogP contribution in [0.25, 0.3) is 5.95 Å². The normalized spacial score (nSPS) is 11.4. The number of aliphatic hydroxyl groups excluding tert-OH is 1. The van der Waals surface area contributed by atoms with Crippen molar-refractivity contribution < 1.29 is 5.11 Å². The van der Waals surface area contributed by atoms with Crippen molar-refractivity contribution in [3.05, 3.63) is 18.5 Å². The molecule has 8 nitrogen and oxygen atoms in total. The van der Waals surface area contributed by atoms with Gasteiger partial charge in [0.1, 0.15) is 0 Å². The van der Waals surface area contributed by atoms with Gasteiger partial charge in [0.2, 0.25) is 11.9 Å². The lowest BCUT2D eigenvalue weighted by atomic mass is 9.90. The zero-order valence-corrected chi connectivity index (χ0v) is 12.5. The molecule has 2 rings (SSSR count). The van der Waals surface area contributed by atoms with Crippen LogP contribution in [0.15, 0.2) is 18.5 Å². The molecular formula is C13H21N7O. The summed E-state index contributed by atoms with van der Waals surface area (Å²) < 4.78 is 1.58. The summed E-state index contributed by atoms with van der Waals surface area (Å²) in [5.41, 5.74) is -0.0486. The van der Waals surface area contributed by atoms with Crippen LogP contribution in [0.5, 0.6) is 0 Å². The Bertz CT molecular complexity index is 568. The molecule has 0 spiro atoms. The molecule has 8 heteroatoms. The zero-order chi connectivity index (χ0) is 15.3. The molecule has 0 radical (unpaired) electrons. The first-order valence-corrected chi connectivity index (χ1v) is 6.83. The molecule has 2 aromatic heterocycles. The van der Waals surface area contributed by atoms with Gasteiger partial charge in [-0.2, -0.15) is 20.1 Å². The Morgan fingerprint density at radius 3 is 2.62 bits per heavy atom. The smallest absolute Gasteiger partial charge is 0.257 e. The number of hydrogen-bond donors (Lipinski definition) is 3. The third-order valence-corrected chi connectivity index (χ3v) is 3.07. The Hall–Kier alpha value is -2.22. The molecular weight excluding hydrogens is 270 g/mol. The number of rotatable bonds is 7. The average Bonchev–Trinajstić information content (AvgIpc) is 2.99. The van der Waals surface area contributed by atoms with Gasteiger partial charge in [0.05, 0.1) is 0 Å². The molecule has 0 saturated heterocycles. The van der Waals surface area contributed by atoms with Gasteiger partial charge in [-0.3, -0.25) is 0 Å². The molecule has 0 aromatic carbocycles. The highest BCUT2D eigenvalue weighted by molar-refractivity contribution is 5.37. The van der Waals surface area contributed by atoms with Gasteiger partial charge in [-0.1, -0.05) is 13.8 Å². The lowest BCUT2D eigenvalue weighted by Crippen LogP contribution is -2.25. The SMILES string of the molecule is CNc1nc(NCC(C)(C)CCO)nc(-n2cccn2)n1. The Morgan fingerprint density at radius 2 is 2.00 bits per heavy atom. The topological polar surface area (TPSA) is 101 Å². The Balaban J connectivity index is 2.18. The van der Waals surface area contributed by atoms with Crippen molar-refractivity contribution in [2.24, 2.45) is 5.41 Å². The minimum absolute atomic E-state index is 0.0486. The fourth-order valence-electron chi connectivity index (χ4n) is 1.75. The van der Waals surface area contributed by atoms with Crippen LogP contribution >= 0.6 is 0 Å². The molecule has 0 bridgehead atoms. The first kappa shape index (κ1) is 15.2. The van der Waals surface area contributed by atoms with Crippen molar-refractivity contribution in [3.8, 4) is 5.95 Å². The van der Waals surface area contributed by atoms with Gasteiger partial charge >= 0.3 is 0 Å². The van der Waals surface area contributed by atoms with E-state index in [-0.39, 0.29) is 12.0 Å². The van der Waals surface area contributed by atoms with Crippen LogP contribution in [0.4, 0.5) is 11.9 Å². The summed E-state index contributed by atoms with van der Waals surface area (Å²) >= 11 is 0. The summed E-state index contributed by atoms with van der Waals surface area (Å²) in [6.45, 7) is 4.96. The van der Waals surface area contributed by atoms with Gasteiger partial charge in [0.25, 0.3) is 5.95 Å². The molecule has 0 unspecified atom stereocenters. The third-order valence-electron chi connectivity index (χ3n) is 3.07. The van der Waals surface area contributed by atoms with E-state index in [2.05, 4.69) is 44.5 Å². The van der Waals surface area contributed by atoms with Gasteiger partial charge in [-0.15, -0.1) is 0 Å². The summed E-state index contributed by atoms with van der Waals surface area (Å²) in [6.07, 6.45) is 4.14. The quantitative estimate of drug-likeness (QED) is 0.697. The highest BCUT2D eigenvalue weighted by Gasteiger charge is 2.18. The maximum atomic E-state index is 9.06. The monoisotopic (exact) mass is 291 g/mol. The predicted octanol–water partition coefficient (Wildman–Crippen LogP) is 0.919. The minimum atomic E-state index is -0.0486. The summed E-state index contributed by atoms with van der Waals surface area (Å²) in [5.74, 6) is 1.39. The molecule has 3 N–H and O–H groups in total. The Kier molecular flexibility index (Phi) is 4.69. The molecule has 0 aliphatic rings. The van der Waals surface area contributed by atoms with Crippen LogP contribution < -0.4 is 10.6 Å². The molecule has 2 heterocycles. The fraction of sp³-hybridized carbons (Fsp3) is 0.538. The van der Waals surface area contributed by atoms with E-state index in [1.54, 1.807) is 30.2 Å². The van der Waals surface area contributed by atoms with Crippen molar-refractivity contribution in [2.75, 3.05) is 30.8 Å². The van der Waals surface area contributed by atoms with E-state index in [1.807, 2.05) is 0 Å². The summed E-state index contributed by atoms with van der Waals surface area (Å²) in [7, 11) is 1.75. The second-order valence-corrected chi connectivity index (χ2v) is 5.47. The molecule has 2 aromatic rings. The maximum absolute atomic E-state index is 9.06. The molecule has 114 valence electrons. The highest BCUT2D eigenvalue weighted by Crippen LogP contribution is 2.20. The number of nitrogens with zero attached hydrogens (tertiary/aromatic N) is 5. The molecule has 0 fully saturated rings. The average molecular weight is 291 g/mol. The number of aromatic nitrogens is 5. The summed E-state index contributed by atoms with van der Waals surface area (Å²) in [5, 5.41) is 19.3. The van der Waals surface area contributed by atoms with Crippen molar-refractivity contribution in [1.82, 2.24) is 24.7 Å². The number of nitrogens with one attached hydrogen (secondary N) is 2. The van der Waals surface area contributed by atoms with Gasteiger partial charge in [-0.25, -0.2) is 4.68 Å². The number of aliphatic hydroxyl groups is 1. The summed E-state index contributed by atoms with van der Waals surface area (Å²) in [4.78, 5) is 12.9. The first-order valence-electron chi connectivity index (χ1n) is 6.83. The van der Waals surface area contributed by atoms with Gasteiger partial charge in [0, 0.05) is 32.6 Å². The second-order valence-electron chi connectivity index (χ2n) is 5.47. The van der Waals surface area contributed by atoms with Crippen LogP contribution in [-0.2, 0) is 0 Å². The number of anilines is 2. The first-order chi connectivity index (χ1) is 10.0. The highest BCUT2D eigenvalue weighted by atomic mass is 16.3. The van der Waals surface area contributed by atoms with Crippen LogP contribution in [0.3, 0.4) is 0 Å². The Labute approximate surface area is 123 Å². The zero-order valence-electron chi connectivity index (χ0n) is 12.5. The molecule has 21 heavy (non-hydrogen) atoms. The van der Waals surface area contributed by atoms with Crippen LogP contribution in [0, 0.1) is 5.41 Å². The number of hydrogen-bond acceptors (Lipinski definition) is 7. The van der Waals surface area contributed by atoms with Gasteiger partial charge < -0.3 is 15.7 Å². The van der Waals surface area contributed by atoms with Crippen molar-refractivity contribution in [3.63, 3.8) is 0 Å². The Morgan fingerprint density at radius 1 is 1.24 bits per heavy atom. The van der Waals surface area contributed by atoms with Crippen molar-refractivity contribution in [2.45, 2.75) is 20.3 Å². The second kappa shape index (κ2) is 6.49. The third kappa shape index (κ3) is 4.12. The minimum Gasteiger partial charge on any atom is -0.396 e. The molecule has 0 amide bonds. The predicted molar refractivity (Wildman–Crippen MR) is 80.5 cm³/mol. The lowest BCUT2D eigenvalue weighted by molar-refractivity contribution is 0.220. The van der Waals surface area contributed by atoms with E-state index in [1.165, 1.54) is 0 Å². The summed E-state index contributed by atoms with van der Waals surface area (Å²) in [6, 6.07) is 1.81. The molecule has 0 aliphatic carbocycles. The van der Waals surface area contributed by atoms with E-state index in [0.29, 0.717) is 30.8 Å². The van der Waals surface area contributed by atoms with E-state index < -0.39 is 0 Å². The standard InChI is InChI=1S/C13H21N7O/c1-13(2,5-8-21)9-15-11-17-10(14-3)18-12(19-11)20-7-4-6-16-20/h4,6-7,21H,5,8-9H2,1-3H3,(H2,14,15,17,18,19). The molecule has 0 atom stereocenters. The van der Waals surface area contributed by atoms with Crippen LogP contribution in [0.2, 0.25) is 0 Å². The van der Waals surface area contributed by atoms with E-state index in [0.717, 1.165) is 0 Å². The lowest BCUT2D eigenvalue weighted by Gasteiger charge is -2.23. The largest absolute Gasteiger partial charge is 0.396 e. The van der Waals surface area contributed by atoms with Gasteiger partial charge in [0.15, 0.2) is 0 Å². The van der Waals surface area contributed by atoms with E-state index in [9.17, 15) is 0 Å². The van der Waals surface area contributed by atoms with E-state index in [4.69, 9.17) is 5.11 Å².